The Morgan fingerprint density at radius 2 is 1.85 bits per heavy atom. The number of ether oxygens (including phenoxy) is 2. The fraction of sp³-hybridized carbons (Fsp3) is 0.133. The molecule has 0 amide bonds. The van der Waals surface area contributed by atoms with Crippen LogP contribution in [-0.2, 0) is 4.79 Å². The van der Waals surface area contributed by atoms with Crippen LogP contribution in [0.15, 0.2) is 48.5 Å². The van der Waals surface area contributed by atoms with Gasteiger partial charge in [-0.2, -0.15) is 0 Å². The van der Waals surface area contributed by atoms with Gasteiger partial charge in [0.25, 0.3) is 0 Å². The minimum Gasteiger partial charge on any atom is -0.479 e. The molecule has 0 aromatic heterocycles. The Morgan fingerprint density at radius 3 is 2.55 bits per heavy atom. The molecule has 2 aromatic rings. The molecule has 0 saturated heterocycles. The van der Waals surface area contributed by atoms with E-state index in [9.17, 15) is 4.79 Å². The zero-order valence-corrected chi connectivity index (χ0v) is 11.6. The third kappa shape index (κ3) is 3.90. The number of anilines is 1. The van der Waals surface area contributed by atoms with E-state index in [0.29, 0.717) is 22.2 Å². The van der Waals surface area contributed by atoms with Crippen molar-refractivity contribution in [2.24, 2.45) is 0 Å². The van der Waals surface area contributed by atoms with Crippen molar-refractivity contribution in [3.63, 3.8) is 0 Å². The molecular formula is C15H14ClNO3. The van der Waals surface area contributed by atoms with Gasteiger partial charge in [0.2, 0.25) is 0 Å². The largest absolute Gasteiger partial charge is 0.479 e. The molecular weight excluding hydrogens is 278 g/mol. The van der Waals surface area contributed by atoms with Gasteiger partial charge in [0.05, 0.1) is 0 Å². The van der Waals surface area contributed by atoms with Gasteiger partial charge in [0.15, 0.2) is 6.10 Å². The van der Waals surface area contributed by atoms with E-state index in [1.165, 1.54) is 0 Å². The van der Waals surface area contributed by atoms with Crippen LogP contribution in [0.4, 0.5) is 5.69 Å². The Bertz CT molecular complexity index is 616. The lowest BCUT2D eigenvalue weighted by molar-refractivity contribution is -0.141. The highest BCUT2D eigenvalue weighted by Gasteiger charge is 2.17. The number of benzene rings is 2. The molecule has 0 saturated carbocycles. The minimum atomic E-state index is -0.754. The van der Waals surface area contributed by atoms with E-state index >= 15 is 0 Å². The highest BCUT2D eigenvalue weighted by Crippen LogP contribution is 2.19. The molecule has 0 fully saturated rings. The molecule has 0 heterocycles. The van der Waals surface area contributed by atoms with Crippen LogP contribution >= 0.6 is 11.6 Å². The van der Waals surface area contributed by atoms with Gasteiger partial charge in [-0.3, -0.25) is 0 Å². The van der Waals surface area contributed by atoms with Gasteiger partial charge in [-0.05, 0) is 37.3 Å². The smallest absolute Gasteiger partial charge is 0.352 e. The lowest BCUT2D eigenvalue weighted by Crippen LogP contribution is -2.28. The van der Waals surface area contributed by atoms with Crippen LogP contribution in [0.3, 0.4) is 0 Å². The Morgan fingerprint density at radius 1 is 1.15 bits per heavy atom. The number of nitrogen functional groups attached to an aromatic ring is 1. The maximum absolute atomic E-state index is 11.9. The zero-order valence-electron chi connectivity index (χ0n) is 10.9. The normalized spacial score (nSPS) is 11.7. The fourth-order valence-electron chi connectivity index (χ4n) is 1.57. The van der Waals surface area contributed by atoms with E-state index in [4.69, 9.17) is 26.8 Å². The molecule has 104 valence electrons. The molecule has 1 atom stereocenters. The van der Waals surface area contributed by atoms with Gasteiger partial charge in [-0.25, -0.2) is 4.79 Å². The summed E-state index contributed by atoms with van der Waals surface area (Å²) in [5.74, 6) is 0.390. The topological polar surface area (TPSA) is 61.5 Å². The number of hydrogen-bond donors (Lipinski definition) is 1. The standard InChI is InChI=1S/C15H14ClNO3/c1-10(19-14-7-3-5-12(17)9-14)15(18)20-13-6-2-4-11(16)8-13/h2-10H,17H2,1H3. The first-order valence-corrected chi connectivity index (χ1v) is 6.42. The summed E-state index contributed by atoms with van der Waals surface area (Å²) >= 11 is 5.82. The third-order valence-electron chi connectivity index (χ3n) is 2.52. The summed E-state index contributed by atoms with van der Waals surface area (Å²) in [7, 11) is 0. The molecule has 4 nitrogen and oxygen atoms in total. The van der Waals surface area contributed by atoms with Crippen LogP contribution < -0.4 is 15.2 Å². The van der Waals surface area contributed by atoms with Crippen LogP contribution in [0.2, 0.25) is 5.02 Å². The molecule has 5 heteroatoms. The third-order valence-corrected chi connectivity index (χ3v) is 2.75. The predicted octanol–water partition coefficient (Wildman–Crippen LogP) is 3.30. The molecule has 0 spiro atoms. The zero-order chi connectivity index (χ0) is 14.5. The van der Waals surface area contributed by atoms with Crippen LogP contribution in [0.5, 0.6) is 11.5 Å². The lowest BCUT2D eigenvalue weighted by Gasteiger charge is -2.14. The first-order chi connectivity index (χ1) is 9.54. The maximum atomic E-state index is 11.9. The van der Waals surface area contributed by atoms with E-state index in [1.807, 2.05) is 0 Å². The summed E-state index contributed by atoms with van der Waals surface area (Å²) in [4.78, 5) is 11.9. The van der Waals surface area contributed by atoms with Crippen LogP contribution in [0.1, 0.15) is 6.92 Å². The molecule has 2 N–H and O–H groups in total. The van der Waals surface area contributed by atoms with Crippen molar-refractivity contribution >= 4 is 23.3 Å². The number of esters is 1. The second kappa shape index (κ2) is 6.30. The fourth-order valence-corrected chi connectivity index (χ4v) is 1.75. The predicted molar refractivity (Wildman–Crippen MR) is 78.0 cm³/mol. The lowest BCUT2D eigenvalue weighted by atomic mass is 10.3. The number of halogens is 1. The number of rotatable bonds is 4. The van der Waals surface area contributed by atoms with Gasteiger partial charge in [0, 0.05) is 16.8 Å². The van der Waals surface area contributed by atoms with E-state index in [1.54, 1.807) is 55.5 Å². The molecule has 0 radical (unpaired) electrons. The van der Waals surface area contributed by atoms with Crippen molar-refractivity contribution in [3.05, 3.63) is 53.6 Å². The van der Waals surface area contributed by atoms with Crippen LogP contribution in [-0.4, -0.2) is 12.1 Å². The molecule has 0 aliphatic rings. The molecule has 2 rings (SSSR count). The summed E-state index contributed by atoms with van der Waals surface area (Å²) in [6.45, 7) is 1.61. The average molecular weight is 292 g/mol. The minimum absolute atomic E-state index is 0.380. The second-order valence-electron chi connectivity index (χ2n) is 4.21. The molecule has 20 heavy (non-hydrogen) atoms. The second-order valence-corrected chi connectivity index (χ2v) is 4.65. The van der Waals surface area contributed by atoms with Crippen molar-refractivity contribution in [1.82, 2.24) is 0 Å². The Labute approximate surface area is 122 Å². The Kier molecular flexibility index (Phi) is 4.48. The number of hydrogen-bond acceptors (Lipinski definition) is 4. The van der Waals surface area contributed by atoms with E-state index < -0.39 is 12.1 Å². The summed E-state index contributed by atoms with van der Waals surface area (Å²) in [5.41, 5.74) is 6.21. The molecule has 0 bridgehead atoms. The SMILES string of the molecule is CC(Oc1cccc(N)c1)C(=O)Oc1cccc(Cl)c1. The van der Waals surface area contributed by atoms with Gasteiger partial charge in [-0.15, -0.1) is 0 Å². The number of nitrogens with two attached hydrogens (primary N) is 1. The van der Waals surface area contributed by atoms with Gasteiger partial charge < -0.3 is 15.2 Å². The van der Waals surface area contributed by atoms with Crippen molar-refractivity contribution in [3.8, 4) is 11.5 Å². The van der Waals surface area contributed by atoms with Crippen LogP contribution in [0.25, 0.3) is 0 Å². The van der Waals surface area contributed by atoms with Gasteiger partial charge in [-0.1, -0.05) is 23.7 Å². The van der Waals surface area contributed by atoms with Crippen molar-refractivity contribution in [2.75, 3.05) is 5.73 Å². The van der Waals surface area contributed by atoms with Crippen molar-refractivity contribution in [1.29, 1.82) is 0 Å². The van der Waals surface area contributed by atoms with Crippen LogP contribution in [0, 0.1) is 0 Å². The van der Waals surface area contributed by atoms with Gasteiger partial charge in [0.1, 0.15) is 11.5 Å². The monoisotopic (exact) mass is 291 g/mol. The van der Waals surface area contributed by atoms with E-state index in [-0.39, 0.29) is 0 Å². The summed E-state index contributed by atoms with van der Waals surface area (Å²) in [6, 6.07) is 13.5. The molecule has 0 aliphatic carbocycles. The highest BCUT2D eigenvalue weighted by atomic mass is 35.5. The average Bonchev–Trinajstić information content (AvgIpc) is 2.38. The molecule has 0 aliphatic heterocycles. The summed E-state index contributed by atoms with van der Waals surface area (Å²) in [6.07, 6.45) is -0.754. The highest BCUT2D eigenvalue weighted by molar-refractivity contribution is 6.30. The molecule has 1 unspecified atom stereocenters. The Hall–Kier alpha value is -2.20. The maximum Gasteiger partial charge on any atom is 0.352 e. The van der Waals surface area contributed by atoms with Gasteiger partial charge >= 0.3 is 5.97 Å². The number of carbonyl (C=O) groups is 1. The first-order valence-electron chi connectivity index (χ1n) is 6.04. The molecule has 2 aromatic carbocycles. The van der Waals surface area contributed by atoms with E-state index in [2.05, 4.69) is 0 Å². The Balaban J connectivity index is 1.98. The number of carbonyl (C=O) groups excluding carboxylic acids is 1. The van der Waals surface area contributed by atoms with Crippen molar-refractivity contribution in [2.45, 2.75) is 13.0 Å². The van der Waals surface area contributed by atoms with E-state index in [0.717, 1.165) is 0 Å². The quantitative estimate of drug-likeness (QED) is 0.533. The van der Waals surface area contributed by atoms with Crippen molar-refractivity contribution < 1.29 is 14.3 Å². The first kappa shape index (κ1) is 14.2. The summed E-state index contributed by atoms with van der Waals surface area (Å²) < 4.78 is 10.7. The summed E-state index contributed by atoms with van der Waals surface area (Å²) in [5, 5.41) is 0.500.